The molecule has 178 valence electrons. The predicted octanol–water partition coefficient (Wildman–Crippen LogP) is -0.651. The van der Waals surface area contributed by atoms with Gasteiger partial charge in [-0.05, 0) is 17.9 Å². The van der Waals surface area contributed by atoms with Gasteiger partial charge >= 0.3 is 5.97 Å². The van der Waals surface area contributed by atoms with Gasteiger partial charge in [0.05, 0.1) is 18.9 Å². The molecule has 1 aromatic carbocycles. The zero-order valence-corrected chi connectivity index (χ0v) is 18.6. The minimum absolute atomic E-state index is 0.0982. The molecule has 0 radical (unpaired) electrons. The van der Waals surface area contributed by atoms with E-state index >= 15 is 0 Å². The molecule has 0 aliphatic rings. The Morgan fingerprint density at radius 2 is 1.76 bits per heavy atom. The number of nitrogens with zero attached hydrogens (tertiary/aromatic N) is 1. The molecule has 7 N–H and O–H groups in total. The van der Waals surface area contributed by atoms with E-state index < -0.39 is 48.4 Å². The Morgan fingerprint density at radius 3 is 2.33 bits per heavy atom. The number of carboxylic acids is 1. The maximum atomic E-state index is 12.7. The highest BCUT2D eigenvalue weighted by molar-refractivity contribution is 5.92. The number of hydrogen-bond acceptors (Lipinski definition) is 6. The molecule has 1 aromatic heterocycles. The van der Waals surface area contributed by atoms with Gasteiger partial charge in [-0.25, -0.2) is 9.78 Å². The van der Waals surface area contributed by atoms with E-state index in [1.165, 1.54) is 12.5 Å². The lowest BCUT2D eigenvalue weighted by Crippen LogP contribution is -2.55. The minimum Gasteiger partial charge on any atom is -0.480 e. The maximum absolute atomic E-state index is 12.7. The molecular weight excluding hydrogens is 428 g/mol. The summed E-state index contributed by atoms with van der Waals surface area (Å²) in [5.41, 5.74) is 7.50. The number of aromatic amines is 1. The predicted molar refractivity (Wildman–Crippen MR) is 120 cm³/mol. The minimum atomic E-state index is -1.17. The Morgan fingerprint density at radius 1 is 1.06 bits per heavy atom. The van der Waals surface area contributed by atoms with Gasteiger partial charge in [-0.2, -0.15) is 0 Å². The second-order valence-corrected chi connectivity index (χ2v) is 7.98. The van der Waals surface area contributed by atoms with Gasteiger partial charge in [0.15, 0.2) is 0 Å². The number of aliphatic carboxylic acids is 1. The summed E-state index contributed by atoms with van der Waals surface area (Å²) in [5.74, 6) is -3.29. The van der Waals surface area contributed by atoms with Crippen molar-refractivity contribution in [2.24, 2.45) is 11.7 Å². The normalized spacial score (nSPS) is 13.6. The van der Waals surface area contributed by atoms with Gasteiger partial charge in [0, 0.05) is 18.3 Å². The second kappa shape index (κ2) is 12.3. The fourth-order valence-corrected chi connectivity index (χ4v) is 3.09. The number of H-pyrrole nitrogens is 1. The molecule has 0 aliphatic carbocycles. The largest absolute Gasteiger partial charge is 0.480 e. The summed E-state index contributed by atoms with van der Waals surface area (Å²) in [6, 6.07) is 6.26. The smallest absolute Gasteiger partial charge is 0.326 e. The Kier molecular flexibility index (Phi) is 9.55. The highest BCUT2D eigenvalue weighted by Crippen LogP contribution is 2.04. The van der Waals surface area contributed by atoms with Crippen LogP contribution in [0.4, 0.5) is 0 Å². The fourth-order valence-electron chi connectivity index (χ4n) is 3.09. The molecule has 0 saturated heterocycles. The van der Waals surface area contributed by atoms with Crippen molar-refractivity contribution in [1.29, 1.82) is 0 Å². The van der Waals surface area contributed by atoms with Crippen LogP contribution in [-0.2, 0) is 32.0 Å². The highest BCUT2D eigenvalue weighted by Gasteiger charge is 2.27. The summed E-state index contributed by atoms with van der Waals surface area (Å²) in [6.45, 7) is 2.87. The number of hydrogen-bond donors (Lipinski definition) is 6. The van der Waals surface area contributed by atoms with Crippen molar-refractivity contribution in [3.05, 3.63) is 54.1 Å². The van der Waals surface area contributed by atoms with Gasteiger partial charge < -0.3 is 31.8 Å². The molecule has 3 atom stereocenters. The molecule has 2 aromatic rings. The summed E-state index contributed by atoms with van der Waals surface area (Å²) in [7, 11) is 0. The van der Waals surface area contributed by atoms with Crippen molar-refractivity contribution < 1.29 is 24.3 Å². The number of carbonyl (C=O) groups excluding carboxylic acids is 3. The van der Waals surface area contributed by atoms with E-state index in [9.17, 15) is 24.3 Å². The van der Waals surface area contributed by atoms with Crippen LogP contribution in [-0.4, -0.2) is 63.4 Å². The van der Waals surface area contributed by atoms with E-state index in [2.05, 4.69) is 25.9 Å². The Balaban J connectivity index is 1.99. The van der Waals surface area contributed by atoms with Crippen LogP contribution in [0.2, 0.25) is 0 Å². The van der Waals surface area contributed by atoms with E-state index in [-0.39, 0.29) is 12.3 Å². The van der Waals surface area contributed by atoms with E-state index in [0.717, 1.165) is 5.56 Å². The number of nitrogens with two attached hydrogens (primary N) is 1. The third-order valence-corrected chi connectivity index (χ3v) is 4.92. The molecule has 0 spiro atoms. The first-order valence-electron chi connectivity index (χ1n) is 10.5. The van der Waals surface area contributed by atoms with E-state index in [0.29, 0.717) is 12.1 Å². The number of rotatable bonds is 12. The number of carboxylic acid groups (broad SMARTS) is 1. The summed E-state index contributed by atoms with van der Waals surface area (Å²) in [6.07, 6.45) is 3.35. The van der Waals surface area contributed by atoms with Crippen molar-refractivity contribution in [2.75, 3.05) is 6.54 Å². The average Bonchev–Trinajstić information content (AvgIpc) is 3.28. The molecule has 0 aliphatic heterocycles. The Labute approximate surface area is 191 Å². The van der Waals surface area contributed by atoms with E-state index in [1.54, 1.807) is 13.8 Å². The van der Waals surface area contributed by atoms with Crippen molar-refractivity contribution in [3.63, 3.8) is 0 Å². The molecule has 0 saturated carbocycles. The van der Waals surface area contributed by atoms with E-state index in [4.69, 9.17) is 5.73 Å². The number of aromatic nitrogens is 2. The van der Waals surface area contributed by atoms with Crippen LogP contribution in [0, 0.1) is 5.92 Å². The van der Waals surface area contributed by atoms with Gasteiger partial charge in [-0.15, -0.1) is 0 Å². The van der Waals surface area contributed by atoms with Gasteiger partial charge in [0.25, 0.3) is 0 Å². The highest BCUT2D eigenvalue weighted by atomic mass is 16.4. The molecule has 11 nitrogen and oxygen atoms in total. The number of amides is 3. The topological polar surface area (TPSA) is 179 Å². The summed E-state index contributed by atoms with van der Waals surface area (Å²) in [5, 5.41) is 16.6. The summed E-state index contributed by atoms with van der Waals surface area (Å²) < 4.78 is 0. The molecule has 33 heavy (non-hydrogen) atoms. The van der Waals surface area contributed by atoms with Crippen molar-refractivity contribution in [2.45, 2.75) is 44.8 Å². The number of imidazole rings is 1. The number of nitrogens with one attached hydrogen (secondary N) is 4. The average molecular weight is 459 g/mol. The Hall–Kier alpha value is -3.73. The molecule has 2 rings (SSSR count). The third kappa shape index (κ3) is 8.37. The quantitative estimate of drug-likeness (QED) is 0.244. The van der Waals surface area contributed by atoms with Crippen LogP contribution in [0.25, 0.3) is 0 Å². The lowest BCUT2D eigenvalue weighted by molar-refractivity contribution is -0.143. The van der Waals surface area contributed by atoms with Crippen LogP contribution in [0.3, 0.4) is 0 Å². The van der Waals surface area contributed by atoms with Gasteiger partial charge in [0.2, 0.25) is 17.7 Å². The zero-order valence-electron chi connectivity index (χ0n) is 18.6. The molecular formula is C22H30N6O5. The fraction of sp³-hybridized carbons (Fsp3) is 0.409. The molecule has 3 amide bonds. The molecule has 0 bridgehead atoms. The number of benzene rings is 1. The van der Waals surface area contributed by atoms with Crippen LogP contribution in [0.5, 0.6) is 0 Å². The lowest BCUT2D eigenvalue weighted by atomic mass is 10.0. The molecule has 3 unspecified atom stereocenters. The van der Waals surface area contributed by atoms with Crippen LogP contribution < -0.4 is 21.7 Å². The third-order valence-electron chi connectivity index (χ3n) is 4.92. The van der Waals surface area contributed by atoms with E-state index in [1.807, 2.05) is 30.3 Å². The van der Waals surface area contributed by atoms with Crippen LogP contribution in [0.1, 0.15) is 25.1 Å². The zero-order chi connectivity index (χ0) is 24.4. The van der Waals surface area contributed by atoms with Crippen LogP contribution >= 0.6 is 0 Å². The van der Waals surface area contributed by atoms with Gasteiger partial charge in [0.1, 0.15) is 12.1 Å². The standard InChI is InChI=1S/C22H30N6O5/c1-13(2)19(22(32)33)28-18(29)11-25-21(31)17(9-15-10-24-12-26-15)27-20(30)16(23)8-14-6-4-3-5-7-14/h3-7,10,12-13,16-17,19H,8-9,11,23H2,1-2H3,(H,24,26)(H,25,31)(H,27,30)(H,28,29)(H,32,33). The Bertz CT molecular complexity index is 932. The maximum Gasteiger partial charge on any atom is 0.326 e. The van der Waals surface area contributed by atoms with Crippen molar-refractivity contribution in [3.8, 4) is 0 Å². The van der Waals surface area contributed by atoms with Crippen LogP contribution in [0.15, 0.2) is 42.9 Å². The SMILES string of the molecule is CC(C)C(NC(=O)CNC(=O)C(Cc1cnc[nH]1)NC(=O)C(N)Cc1ccccc1)C(=O)O. The second-order valence-electron chi connectivity index (χ2n) is 7.98. The molecule has 1 heterocycles. The first-order chi connectivity index (χ1) is 15.7. The first-order valence-corrected chi connectivity index (χ1v) is 10.5. The number of carbonyl (C=O) groups is 4. The summed E-state index contributed by atoms with van der Waals surface area (Å²) >= 11 is 0. The van der Waals surface area contributed by atoms with Gasteiger partial charge in [-0.3, -0.25) is 14.4 Å². The monoisotopic (exact) mass is 458 g/mol. The lowest BCUT2D eigenvalue weighted by Gasteiger charge is -2.21. The first kappa shape index (κ1) is 25.5. The summed E-state index contributed by atoms with van der Waals surface area (Å²) in [4.78, 5) is 55.5. The molecule has 11 heteroatoms. The van der Waals surface area contributed by atoms with Crippen molar-refractivity contribution in [1.82, 2.24) is 25.9 Å². The van der Waals surface area contributed by atoms with Crippen molar-refractivity contribution >= 4 is 23.7 Å². The van der Waals surface area contributed by atoms with Gasteiger partial charge in [-0.1, -0.05) is 44.2 Å². The molecule has 0 fully saturated rings.